The standard InChI is InChI=1S/C15H29N5O2/c1-4-6-7-12(5-2)10-18-14(16-3)17-8-9-20-13(21)11-19-15(20)22/h12H,4-11H2,1-3H3,(H,19,22)(H2,16,17,18). The van der Waals surface area contributed by atoms with Gasteiger partial charge in [-0.2, -0.15) is 0 Å². The number of imide groups is 1. The van der Waals surface area contributed by atoms with Gasteiger partial charge in [-0.05, 0) is 12.3 Å². The van der Waals surface area contributed by atoms with Crippen LogP contribution >= 0.6 is 0 Å². The van der Waals surface area contributed by atoms with Crippen molar-refractivity contribution in [2.24, 2.45) is 10.9 Å². The molecule has 1 aliphatic rings. The van der Waals surface area contributed by atoms with Gasteiger partial charge in [0.1, 0.15) is 0 Å². The summed E-state index contributed by atoms with van der Waals surface area (Å²) >= 11 is 0. The van der Waals surface area contributed by atoms with Crippen molar-refractivity contribution in [2.45, 2.75) is 39.5 Å². The SMILES string of the molecule is CCCCC(CC)CNC(=NC)NCCN1C(=O)CNC1=O. The number of amides is 3. The van der Waals surface area contributed by atoms with Gasteiger partial charge in [-0.1, -0.05) is 33.1 Å². The van der Waals surface area contributed by atoms with Gasteiger partial charge in [0.2, 0.25) is 5.91 Å². The van der Waals surface area contributed by atoms with Crippen LogP contribution in [0, 0.1) is 5.92 Å². The van der Waals surface area contributed by atoms with Crippen LogP contribution in [0.2, 0.25) is 0 Å². The molecule has 7 nitrogen and oxygen atoms in total. The van der Waals surface area contributed by atoms with Crippen LogP contribution in [0.25, 0.3) is 0 Å². The number of urea groups is 1. The number of guanidine groups is 1. The predicted octanol–water partition coefficient (Wildman–Crippen LogP) is 0.920. The van der Waals surface area contributed by atoms with Crippen LogP contribution in [-0.2, 0) is 4.79 Å². The minimum atomic E-state index is -0.319. The highest BCUT2D eigenvalue weighted by molar-refractivity contribution is 6.01. The van der Waals surface area contributed by atoms with E-state index < -0.39 is 0 Å². The summed E-state index contributed by atoms with van der Waals surface area (Å²) in [5.74, 6) is 1.17. The fraction of sp³-hybridized carbons (Fsp3) is 0.800. The lowest BCUT2D eigenvalue weighted by Gasteiger charge is -2.19. The second-order valence-electron chi connectivity index (χ2n) is 5.50. The molecule has 22 heavy (non-hydrogen) atoms. The van der Waals surface area contributed by atoms with Crippen molar-refractivity contribution in [3.05, 3.63) is 0 Å². The molecule has 1 atom stereocenters. The first kappa shape index (κ1) is 18.3. The molecule has 1 heterocycles. The maximum absolute atomic E-state index is 11.5. The van der Waals surface area contributed by atoms with Crippen molar-refractivity contribution in [3.63, 3.8) is 0 Å². The van der Waals surface area contributed by atoms with Gasteiger partial charge in [0.05, 0.1) is 6.54 Å². The largest absolute Gasteiger partial charge is 0.356 e. The second-order valence-corrected chi connectivity index (χ2v) is 5.50. The number of hydrogen-bond donors (Lipinski definition) is 3. The molecule has 0 aliphatic carbocycles. The van der Waals surface area contributed by atoms with Crippen molar-refractivity contribution in [1.82, 2.24) is 20.9 Å². The third-order valence-electron chi connectivity index (χ3n) is 3.89. The highest BCUT2D eigenvalue weighted by Crippen LogP contribution is 2.10. The lowest BCUT2D eigenvalue weighted by molar-refractivity contribution is -0.124. The zero-order valence-electron chi connectivity index (χ0n) is 13.9. The van der Waals surface area contributed by atoms with E-state index >= 15 is 0 Å². The number of unbranched alkanes of at least 4 members (excludes halogenated alkanes) is 1. The Kier molecular flexibility index (Phi) is 8.32. The van der Waals surface area contributed by atoms with Crippen LogP contribution in [0.4, 0.5) is 4.79 Å². The molecule has 1 fully saturated rings. The highest BCUT2D eigenvalue weighted by atomic mass is 16.2. The van der Waals surface area contributed by atoms with E-state index in [9.17, 15) is 9.59 Å². The van der Waals surface area contributed by atoms with Crippen molar-refractivity contribution in [1.29, 1.82) is 0 Å². The molecule has 1 saturated heterocycles. The molecular weight excluding hydrogens is 282 g/mol. The monoisotopic (exact) mass is 311 g/mol. The smallest absolute Gasteiger partial charge is 0.324 e. The Bertz CT molecular complexity index is 381. The number of rotatable bonds is 9. The lowest BCUT2D eigenvalue weighted by Crippen LogP contribution is -2.44. The predicted molar refractivity (Wildman–Crippen MR) is 87.8 cm³/mol. The van der Waals surface area contributed by atoms with Gasteiger partial charge in [-0.15, -0.1) is 0 Å². The van der Waals surface area contributed by atoms with Gasteiger partial charge in [0.25, 0.3) is 0 Å². The topological polar surface area (TPSA) is 85.8 Å². The van der Waals surface area contributed by atoms with E-state index in [4.69, 9.17) is 0 Å². The van der Waals surface area contributed by atoms with Crippen molar-refractivity contribution < 1.29 is 9.59 Å². The van der Waals surface area contributed by atoms with E-state index in [0.717, 1.165) is 13.0 Å². The highest BCUT2D eigenvalue weighted by Gasteiger charge is 2.27. The number of hydrogen-bond acceptors (Lipinski definition) is 3. The average molecular weight is 311 g/mol. The fourth-order valence-corrected chi connectivity index (χ4v) is 2.37. The Morgan fingerprint density at radius 1 is 1.36 bits per heavy atom. The summed E-state index contributed by atoms with van der Waals surface area (Å²) < 4.78 is 0. The fourth-order valence-electron chi connectivity index (χ4n) is 2.37. The molecule has 0 spiro atoms. The molecule has 1 rings (SSSR count). The number of carbonyl (C=O) groups is 2. The molecule has 0 saturated carbocycles. The second kappa shape index (κ2) is 10.0. The Morgan fingerprint density at radius 2 is 2.14 bits per heavy atom. The Hall–Kier alpha value is -1.79. The van der Waals surface area contributed by atoms with E-state index in [1.165, 1.54) is 24.2 Å². The normalized spacial score (nSPS) is 16.7. The summed E-state index contributed by atoms with van der Waals surface area (Å²) in [7, 11) is 1.72. The summed E-state index contributed by atoms with van der Waals surface area (Å²) in [5, 5.41) is 8.95. The molecule has 1 aliphatic heterocycles. The van der Waals surface area contributed by atoms with Gasteiger partial charge in [0.15, 0.2) is 5.96 Å². The summed E-state index contributed by atoms with van der Waals surface area (Å²) in [6.45, 7) is 6.23. The maximum Gasteiger partial charge on any atom is 0.324 e. The molecule has 0 radical (unpaired) electrons. The number of nitrogens with zero attached hydrogens (tertiary/aromatic N) is 2. The van der Waals surface area contributed by atoms with Crippen molar-refractivity contribution >= 4 is 17.9 Å². The third-order valence-corrected chi connectivity index (χ3v) is 3.89. The minimum absolute atomic E-state index is 0.0986. The van der Waals surface area contributed by atoms with Crippen LogP contribution in [-0.4, -0.2) is 56.0 Å². The summed E-state index contributed by atoms with van der Waals surface area (Å²) in [6.07, 6.45) is 4.83. The van der Waals surface area contributed by atoms with E-state index in [-0.39, 0.29) is 18.5 Å². The molecule has 3 amide bonds. The summed E-state index contributed by atoms with van der Waals surface area (Å²) in [4.78, 5) is 28.2. The lowest BCUT2D eigenvalue weighted by atomic mass is 9.99. The van der Waals surface area contributed by atoms with Crippen LogP contribution < -0.4 is 16.0 Å². The zero-order chi connectivity index (χ0) is 16.4. The van der Waals surface area contributed by atoms with E-state index in [1.54, 1.807) is 7.05 Å². The van der Waals surface area contributed by atoms with Crippen LogP contribution in [0.1, 0.15) is 39.5 Å². The zero-order valence-corrected chi connectivity index (χ0v) is 13.9. The van der Waals surface area contributed by atoms with Gasteiger partial charge < -0.3 is 16.0 Å². The molecule has 0 aromatic rings. The van der Waals surface area contributed by atoms with Gasteiger partial charge in [-0.3, -0.25) is 14.7 Å². The Morgan fingerprint density at radius 3 is 2.68 bits per heavy atom. The van der Waals surface area contributed by atoms with Gasteiger partial charge in [0, 0.05) is 26.7 Å². The first-order chi connectivity index (χ1) is 10.6. The molecule has 0 bridgehead atoms. The van der Waals surface area contributed by atoms with E-state index in [0.29, 0.717) is 25.0 Å². The molecule has 7 heteroatoms. The van der Waals surface area contributed by atoms with Crippen LogP contribution in [0.5, 0.6) is 0 Å². The quantitative estimate of drug-likeness (QED) is 0.336. The number of aliphatic imine (C=N–C) groups is 1. The molecule has 3 N–H and O–H groups in total. The average Bonchev–Trinajstić information content (AvgIpc) is 2.84. The third kappa shape index (κ3) is 5.91. The maximum atomic E-state index is 11.5. The van der Waals surface area contributed by atoms with Crippen LogP contribution in [0.3, 0.4) is 0 Å². The Balaban J connectivity index is 2.27. The van der Waals surface area contributed by atoms with Crippen LogP contribution in [0.15, 0.2) is 4.99 Å². The molecular formula is C15H29N5O2. The number of carbonyl (C=O) groups excluding carboxylic acids is 2. The first-order valence-electron chi connectivity index (χ1n) is 8.15. The summed E-state index contributed by atoms with van der Waals surface area (Å²) in [6, 6.07) is -0.319. The van der Waals surface area contributed by atoms with Gasteiger partial charge in [-0.25, -0.2) is 4.79 Å². The Labute approximate surface area is 132 Å². The first-order valence-corrected chi connectivity index (χ1v) is 8.15. The number of nitrogens with one attached hydrogen (secondary N) is 3. The van der Waals surface area contributed by atoms with E-state index in [2.05, 4.69) is 34.8 Å². The minimum Gasteiger partial charge on any atom is -0.356 e. The van der Waals surface area contributed by atoms with Crippen molar-refractivity contribution in [3.8, 4) is 0 Å². The van der Waals surface area contributed by atoms with E-state index in [1.807, 2.05) is 0 Å². The summed E-state index contributed by atoms with van der Waals surface area (Å²) in [5.41, 5.74) is 0. The van der Waals surface area contributed by atoms with Crippen molar-refractivity contribution in [2.75, 3.05) is 33.2 Å². The molecule has 1 unspecified atom stereocenters. The van der Waals surface area contributed by atoms with Gasteiger partial charge >= 0.3 is 6.03 Å². The molecule has 0 aromatic heterocycles. The molecule has 0 aromatic carbocycles. The molecule has 126 valence electrons.